The summed E-state index contributed by atoms with van der Waals surface area (Å²) < 4.78 is 8.53. The topological polar surface area (TPSA) is 56.3 Å². The Bertz CT molecular complexity index is 1090. The molecule has 1 aliphatic carbocycles. The van der Waals surface area contributed by atoms with Crippen molar-refractivity contribution in [3.8, 4) is 0 Å². The average molecular weight is 419 g/mol. The molecule has 0 saturated carbocycles. The van der Waals surface area contributed by atoms with Gasteiger partial charge in [-0.15, -0.1) is 0 Å². The van der Waals surface area contributed by atoms with Crippen molar-refractivity contribution in [2.45, 2.75) is 51.7 Å². The molecule has 3 atom stereocenters. The molecule has 2 aliphatic rings. The highest BCUT2D eigenvalue weighted by Crippen LogP contribution is 2.33. The number of benzene rings is 2. The second-order valence-electron chi connectivity index (χ2n) is 9.44. The number of methoxy groups -OCH3 is 1. The predicted octanol–water partition coefficient (Wildman–Crippen LogP) is 4.17. The molecule has 5 nitrogen and oxygen atoms in total. The second kappa shape index (κ2) is 8.29. The van der Waals surface area contributed by atoms with E-state index in [0.29, 0.717) is 12.0 Å². The van der Waals surface area contributed by atoms with Crippen molar-refractivity contribution < 1.29 is 4.74 Å². The standard InChI is InChI=1S/C26H34N4O/c1-4-26-28-22-11-17(2)5-8-23(22)30(26)24-9-10-29(16-25(24)31-3)15-18-12-19-6-7-21(27)14-20(19)13-18/h5-8,11,14,18,24-25H,4,9-10,12-13,15-16,27H2,1-3H3/t18-,24?,25?/m1/s1. The minimum Gasteiger partial charge on any atom is -0.399 e. The molecular weight excluding hydrogens is 384 g/mol. The first-order valence-electron chi connectivity index (χ1n) is 11.7. The van der Waals surface area contributed by atoms with E-state index in [-0.39, 0.29) is 6.10 Å². The number of nitrogens with zero attached hydrogens (tertiary/aromatic N) is 3. The number of anilines is 1. The summed E-state index contributed by atoms with van der Waals surface area (Å²) in [6, 6.07) is 13.4. The number of rotatable bonds is 5. The summed E-state index contributed by atoms with van der Waals surface area (Å²) in [6.45, 7) is 7.55. The number of piperidine rings is 1. The zero-order valence-electron chi connectivity index (χ0n) is 19.0. The lowest BCUT2D eigenvalue weighted by Gasteiger charge is -2.40. The molecule has 2 heterocycles. The molecule has 0 amide bonds. The molecule has 164 valence electrons. The van der Waals surface area contributed by atoms with E-state index in [1.54, 1.807) is 0 Å². The van der Waals surface area contributed by atoms with Gasteiger partial charge in [0.15, 0.2) is 0 Å². The van der Waals surface area contributed by atoms with Gasteiger partial charge in [0, 0.05) is 38.9 Å². The van der Waals surface area contributed by atoms with Gasteiger partial charge in [-0.05, 0) is 73.1 Å². The van der Waals surface area contributed by atoms with Crippen molar-refractivity contribution in [2.75, 3.05) is 32.5 Å². The molecule has 5 heteroatoms. The van der Waals surface area contributed by atoms with Crippen LogP contribution in [0.5, 0.6) is 0 Å². The van der Waals surface area contributed by atoms with Gasteiger partial charge in [-0.3, -0.25) is 0 Å². The first-order valence-corrected chi connectivity index (χ1v) is 11.7. The number of aryl methyl sites for hydroxylation is 2. The van der Waals surface area contributed by atoms with Crippen molar-refractivity contribution in [3.05, 3.63) is 58.9 Å². The van der Waals surface area contributed by atoms with E-state index < -0.39 is 0 Å². The first kappa shape index (κ1) is 20.5. The number of nitrogen functional groups attached to an aromatic ring is 1. The third kappa shape index (κ3) is 3.85. The SMILES string of the molecule is CCc1nc2cc(C)ccc2n1C1CCN(C[C@@H]2Cc3ccc(N)cc3C2)CC1OC. The minimum absolute atomic E-state index is 0.178. The summed E-state index contributed by atoms with van der Waals surface area (Å²) in [6.07, 6.45) is 4.52. The van der Waals surface area contributed by atoms with Crippen LogP contribution in [0.3, 0.4) is 0 Å². The summed E-state index contributed by atoms with van der Waals surface area (Å²) in [5.74, 6) is 1.85. The summed E-state index contributed by atoms with van der Waals surface area (Å²) in [7, 11) is 1.87. The van der Waals surface area contributed by atoms with Crippen LogP contribution in [-0.4, -0.2) is 47.3 Å². The van der Waals surface area contributed by atoms with Crippen LogP contribution < -0.4 is 5.73 Å². The summed E-state index contributed by atoms with van der Waals surface area (Å²) in [4.78, 5) is 7.56. The lowest BCUT2D eigenvalue weighted by molar-refractivity contribution is -0.00945. The Kier molecular flexibility index (Phi) is 5.49. The van der Waals surface area contributed by atoms with Crippen LogP contribution >= 0.6 is 0 Å². The monoisotopic (exact) mass is 418 g/mol. The van der Waals surface area contributed by atoms with Gasteiger partial charge in [0.25, 0.3) is 0 Å². The fourth-order valence-electron chi connectivity index (χ4n) is 5.76. The molecule has 0 bridgehead atoms. The molecule has 5 rings (SSSR count). The van der Waals surface area contributed by atoms with E-state index in [0.717, 1.165) is 50.1 Å². The molecule has 1 saturated heterocycles. The molecule has 1 fully saturated rings. The van der Waals surface area contributed by atoms with Crippen molar-refractivity contribution in [2.24, 2.45) is 5.92 Å². The highest BCUT2D eigenvalue weighted by molar-refractivity contribution is 5.77. The molecule has 2 unspecified atom stereocenters. The fraction of sp³-hybridized carbons (Fsp3) is 0.500. The molecule has 2 aromatic carbocycles. The summed E-state index contributed by atoms with van der Waals surface area (Å²) in [5, 5.41) is 0. The maximum Gasteiger partial charge on any atom is 0.109 e. The van der Waals surface area contributed by atoms with Gasteiger partial charge in [-0.25, -0.2) is 4.98 Å². The molecular formula is C26H34N4O. The number of nitrogens with two attached hydrogens (primary N) is 1. The van der Waals surface area contributed by atoms with Crippen molar-refractivity contribution >= 4 is 16.7 Å². The molecule has 0 radical (unpaired) electrons. The summed E-state index contributed by atoms with van der Waals surface area (Å²) in [5.41, 5.74) is 13.4. The fourth-order valence-corrected chi connectivity index (χ4v) is 5.76. The van der Waals surface area contributed by atoms with E-state index in [1.165, 1.54) is 34.5 Å². The van der Waals surface area contributed by atoms with Crippen LogP contribution in [0.15, 0.2) is 36.4 Å². The van der Waals surface area contributed by atoms with Crippen molar-refractivity contribution in [1.29, 1.82) is 0 Å². The zero-order valence-corrected chi connectivity index (χ0v) is 19.0. The van der Waals surface area contributed by atoms with E-state index in [2.05, 4.69) is 53.6 Å². The van der Waals surface area contributed by atoms with E-state index in [4.69, 9.17) is 15.5 Å². The quantitative estimate of drug-likeness (QED) is 0.632. The first-order chi connectivity index (χ1) is 15.1. The van der Waals surface area contributed by atoms with Crippen LogP contribution in [0.25, 0.3) is 11.0 Å². The predicted molar refractivity (Wildman–Crippen MR) is 126 cm³/mol. The molecule has 0 spiro atoms. The molecule has 1 aliphatic heterocycles. The number of imidazole rings is 1. The molecule has 31 heavy (non-hydrogen) atoms. The zero-order chi connectivity index (χ0) is 21.5. The highest BCUT2D eigenvalue weighted by Gasteiger charge is 2.34. The third-order valence-electron chi connectivity index (χ3n) is 7.24. The minimum atomic E-state index is 0.178. The van der Waals surface area contributed by atoms with Crippen LogP contribution in [0.1, 0.15) is 41.9 Å². The number of aromatic nitrogens is 2. The van der Waals surface area contributed by atoms with Crippen LogP contribution in [0.4, 0.5) is 5.69 Å². The third-order valence-corrected chi connectivity index (χ3v) is 7.24. The number of likely N-dealkylation sites (tertiary alicyclic amines) is 1. The Morgan fingerprint density at radius 2 is 1.97 bits per heavy atom. The van der Waals surface area contributed by atoms with E-state index >= 15 is 0 Å². The van der Waals surface area contributed by atoms with E-state index in [9.17, 15) is 0 Å². The van der Waals surface area contributed by atoms with Gasteiger partial charge in [0.1, 0.15) is 5.82 Å². The number of hydrogen-bond acceptors (Lipinski definition) is 4. The second-order valence-corrected chi connectivity index (χ2v) is 9.44. The van der Waals surface area contributed by atoms with E-state index in [1.807, 2.05) is 13.2 Å². The summed E-state index contributed by atoms with van der Waals surface area (Å²) >= 11 is 0. The van der Waals surface area contributed by atoms with Gasteiger partial charge in [0.2, 0.25) is 0 Å². The molecule has 1 aromatic heterocycles. The smallest absolute Gasteiger partial charge is 0.109 e. The Labute approximate surface area is 185 Å². The number of fused-ring (bicyclic) bond motifs is 2. The largest absolute Gasteiger partial charge is 0.399 e. The van der Waals surface area contributed by atoms with Gasteiger partial charge in [-0.2, -0.15) is 0 Å². The molecule has 3 aromatic rings. The Morgan fingerprint density at radius 3 is 2.77 bits per heavy atom. The van der Waals surface area contributed by atoms with Gasteiger partial charge >= 0.3 is 0 Å². The molecule has 2 N–H and O–H groups in total. The normalized spacial score (nSPS) is 24.0. The lowest BCUT2D eigenvalue weighted by atomic mass is 9.98. The Morgan fingerprint density at radius 1 is 1.13 bits per heavy atom. The lowest BCUT2D eigenvalue weighted by Crippen LogP contribution is -2.47. The number of hydrogen-bond donors (Lipinski definition) is 1. The highest BCUT2D eigenvalue weighted by atomic mass is 16.5. The number of ether oxygens (including phenoxy) is 1. The van der Waals surface area contributed by atoms with Crippen LogP contribution in [0.2, 0.25) is 0 Å². The van der Waals surface area contributed by atoms with Gasteiger partial charge in [0.05, 0.1) is 23.2 Å². The van der Waals surface area contributed by atoms with Crippen LogP contribution in [-0.2, 0) is 24.0 Å². The average Bonchev–Trinajstić information content (AvgIpc) is 3.33. The Balaban J connectivity index is 1.32. The maximum absolute atomic E-state index is 6.07. The van der Waals surface area contributed by atoms with Gasteiger partial charge < -0.3 is 19.9 Å². The van der Waals surface area contributed by atoms with Crippen molar-refractivity contribution in [3.63, 3.8) is 0 Å². The maximum atomic E-state index is 6.07. The van der Waals surface area contributed by atoms with Crippen LogP contribution in [0, 0.1) is 12.8 Å². The Hall–Kier alpha value is -2.37. The van der Waals surface area contributed by atoms with Crippen molar-refractivity contribution in [1.82, 2.24) is 14.5 Å². The van der Waals surface area contributed by atoms with Gasteiger partial charge in [-0.1, -0.05) is 19.1 Å².